The molecule has 1 aliphatic carbocycles. The molecule has 0 spiro atoms. The van der Waals surface area contributed by atoms with E-state index in [4.69, 9.17) is 4.74 Å². The Bertz CT molecular complexity index is 1140. The Kier molecular flexibility index (Phi) is 7.78. The zero-order chi connectivity index (χ0) is 24.5. The summed E-state index contributed by atoms with van der Waals surface area (Å²) in [6, 6.07) is 2.89. The van der Waals surface area contributed by atoms with Gasteiger partial charge in [-0.15, -0.1) is 22.7 Å². The molecule has 34 heavy (non-hydrogen) atoms. The first-order valence-corrected chi connectivity index (χ1v) is 14.8. The van der Waals surface area contributed by atoms with Crippen LogP contribution in [0, 0.1) is 5.92 Å². The molecule has 0 unspecified atom stereocenters. The molecule has 0 radical (unpaired) electrons. The lowest BCUT2D eigenvalue weighted by molar-refractivity contribution is -0.121. The number of amides is 1. The fourth-order valence-corrected chi connectivity index (χ4v) is 8.48. The van der Waals surface area contributed by atoms with Gasteiger partial charge in [0.2, 0.25) is 5.91 Å². The summed E-state index contributed by atoms with van der Waals surface area (Å²) in [7, 11) is -3.49. The third kappa shape index (κ3) is 5.08. The van der Waals surface area contributed by atoms with Crippen LogP contribution in [0.3, 0.4) is 0 Å². The number of esters is 1. The van der Waals surface area contributed by atoms with Crippen LogP contribution in [-0.2, 0) is 32.4 Å². The van der Waals surface area contributed by atoms with Gasteiger partial charge in [0.05, 0.1) is 18.2 Å². The first-order chi connectivity index (χ1) is 16.2. The minimum Gasteiger partial charge on any atom is -0.462 e. The highest BCUT2D eigenvalue weighted by atomic mass is 32.2. The van der Waals surface area contributed by atoms with Crippen LogP contribution in [0.15, 0.2) is 21.7 Å². The number of carbonyl (C=O) groups is 2. The Balaban J connectivity index is 1.44. The molecule has 2 aromatic heterocycles. The normalized spacial score (nSPS) is 20.5. The number of thiophene rings is 2. The Morgan fingerprint density at radius 3 is 2.65 bits per heavy atom. The van der Waals surface area contributed by atoms with Gasteiger partial charge in [0.1, 0.15) is 9.21 Å². The quantitative estimate of drug-likeness (QED) is 0.557. The average molecular weight is 526 g/mol. The second kappa shape index (κ2) is 10.4. The predicted octanol–water partition coefficient (Wildman–Crippen LogP) is 3.44. The largest absolute Gasteiger partial charge is 0.462 e. The van der Waals surface area contributed by atoms with Crippen LogP contribution in [0.1, 0.15) is 48.0 Å². The van der Waals surface area contributed by atoms with Crippen LogP contribution in [0.5, 0.6) is 0 Å². The number of nitrogens with one attached hydrogen (secondary N) is 1. The van der Waals surface area contributed by atoms with Crippen LogP contribution in [0.4, 0.5) is 5.00 Å². The molecule has 0 saturated carbocycles. The summed E-state index contributed by atoms with van der Waals surface area (Å²) in [6.45, 7) is 7.66. The number of rotatable bonds is 7. The highest BCUT2D eigenvalue weighted by Crippen LogP contribution is 2.40. The summed E-state index contributed by atoms with van der Waals surface area (Å²) < 4.78 is 32.7. The molecule has 2 atom stereocenters. The van der Waals surface area contributed by atoms with E-state index in [2.05, 4.69) is 12.2 Å². The Hall–Kier alpha value is -1.79. The van der Waals surface area contributed by atoms with E-state index in [1.807, 2.05) is 11.8 Å². The lowest BCUT2D eigenvalue weighted by Gasteiger charge is -2.36. The summed E-state index contributed by atoms with van der Waals surface area (Å²) in [6.07, 6.45) is 2.73. The van der Waals surface area contributed by atoms with Gasteiger partial charge in [0.25, 0.3) is 10.0 Å². The number of sulfonamides is 1. The van der Waals surface area contributed by atoms with Crippen molar-refractivity contribution in [1.29, 1.82) is 0 Å². The molecule has 1 fully saturated rings. The van der Waals surface area contributed by atoms with E-state index in [9.17, 15) is 18.0 Å². The molecular formula is C23H31N3O5S3. The Morgan fingerprint density at radius 1 is 1.26 bits per heavy atom. The lowest BCUT2D eigenvalue weighted by Crippen LogP contribution is -2.53. The van der Waals surface area contributed by atoms with Crippen LogP contribution < -0.4 is 5.32 Å². The van der Waals surface area contributed by atoms with Gasteiger partial charge in [-0.25, -0.2) is 13.2 Å². The third-order valence-corrected chi connectivity index (χ3v) is 11.0. The standard InChI is InChI=1S/C23H31N3O5S3/c1-4-31-23(28)20-17-8-7-15(2)14-18(17)33-22(20)24-21(27)16(3)25-9-11-26(12-10-25)34(29,30)19-6-5-13-32-19/h5-6,13,15-16H,4,7-12,14H2,1-3H3,(H,24,27)/t15-,16+/m1/s1. The van der Waals surface area contributed by atoms with Crippen molar-refractivity contribution in [2.45, 2.75) is 50.3 Å². The number of fused-ring (bicyclic) bond motifs is 1. The number of anilines is 1. The number of ether oxygens (including phenoxy) is 1. The minimum atomic E-state index is -3.49. The van der Waals surface area contributed by atoms with E-state index < -0.39 is 16.1 Å². The van der Waals surface area contributed by atoms with Gasteiger partial charge in [-0.1, -0.05) is 13.0 Å². The van der Waals surface area contributed by atoms with Crippen LogP contribution in [0.2, 0.25) is 0 Å². The second-order valence-electron chi connectivity index (χ2n) is 8.81. The summed E-state index contributed by atoms with van der Waals surface area (Å²) in [5.41, 5.74) is 1.51. The maximum Gasteiger partial charge on any atom is 0.341 e. The van der Waals surface area contributed by atoms with Crippen LogP contribution >= 0.6 is 22.7 Å². The predicted molar refractivity (Wildman–Crippen MR) is 134 cm³/mol. The molecule has 11 heteroatoms. The number of nitrogens with zero attached hydrogens (tertiary/aromatic N) is 2. The summed E-state index contributed by atoms with van der Waals surface area (Å²) in [5.74, 6) is -0.0397. The average Bonchev–Trinajstić information content (AvgIpc) is 3.47. The van der Waals surface area contributed by atoms with E-state index in [0.29, 0.717) is 46.9 Å². The topological polar surface area (TPSA) is 96.0 Å². The molecular weight excluding hydrogens is 494 g/mol. The summed E-state index contributed by atoms with van der Waals surface area (Å²) in [4.78, 5) is 29.0. The summed E-state index contributed by atoms with van der Waals surface area (Å²) >= 11 is 2.69. The van der Waals surface area contributed by atoms with Gasteiger partial charge in [-0.2, -0.15) is 4.31 Å². The van der Waals surface area contributed by atoms with Crippen molar-refractivity contribution >= 4 is 49.6 Å². The third-order valence-electron chi connectivity index (χ3n) is 6.52. The minimum absolute atomic E-state index is 0.202. The molecule has 2 aliphatic rings. The fourth-order valence-electron chi connectivity index (χ4n) is 4.51. The van der Waals surface area contributed by atoms with Crippen molar-refractivity contribution in [2.24, 2.45) is 5.92 Å². The van der Waals surface area contributed by atoms with Gasteiger partial charge < -0.3 is 10.1 Å². The maximum atomic E-state index is 13.2. The molecule has 1 aliphatic heterocycles. The van der Waals surface area contributed by atoms with Crippen molar-refractivity contribution in [3.05, 3.63) is 33.5 Å². The Labute approximate surface area is 208 Å². The zero-order valence-corrected chi connectivity index (χ0v) is 22.2. The van der Waals surface area contributed by atoms with Gasteiger partial charge in [0.15, 0.2) is 0 Å². The lowest BCUT2D eigenvalue weighted by atomic mass is 9.88. The number of carbonyl (C=O) groups excluding carboxylic acids is 2. The van der Waals surface area contributed by atoms with Crippen LogP contribution in [0.25, 0.3) is 0 Å². The first kappa shape index (κ1) is 25.3. The highest BCUT2D eigenvalue weighted by molar-refractivity contribution is 7.91. The van der Waals surface area contributed by atoms with Gasteiger partial charge >= 0.3 is 5.97 Å². The van der Waals surface area contributed by atoms with Crippen molar-refractivity contribution in [3.63, 3.8) is 0 Å². The molecule has 186 valence electrons. The molecule has 3 heterocycles. The zero-order valence-electron chi connectivity index (χ0n) is 19.7. The second-order valence-corrected chi connectivity index (χ2v) is 13.0. The monoisotopic (exact) mass is 525 g/mol. The number of hydrogen-bond donors (Lipinski definition) is 1. The van der Waals surface area contributed by atoms with Crippen LogP contribution in [-0.4, -0.2) is 68.3 Å². The Morgan fingerprint density at radius 2 is 2.00 bits per heavy atom. The van der Waals surface area contributed by atoms with Crippen molar-refractivity contribution in [3.8, 4) is 0 Å². The smallest absolute Gasteiger partial charge is 0.341 e. The first-order valence-electron chi connectivity index (χ1n) is 11.6. The molecule has 8 nitrogen and oxygen atoms in total. The van der Waals surface area contributed by atoms with E-state index in [-0.39, 0.29) is 18.5 Å². The maximum absolute atomic E-state index is 13.2. The van der Waals surface area contributed by atoms with E-state index >= 15 is 0 Å². The van der Waals surface area contributed by atoms with E-state index in [1.54, 1.807) is 24.4 Å². The van der Waals surface area contributed by atoms with E-state index in [1.165, 1.54) is 27.0 Å². The highest BCUT2D eigenvalue weighted by Gasteiger charge is 2.34. The van der Waals surface area contributed by atoms with Gasteiger partial charge in [-0.3, -0.25) is 9.69 Å². The van der Waals surface area contributed by atoms with E-state index in [0.717, 1.165) is 29.7 Å². The van der Waals surface area contributed by atoms with Crippen molar-refractivity contribution in [2.75, 3.05) is 38.1 Å². The molecule has 4 rings (SSSR count). The molecule has 0 bridgehead atoms. The van der Waals surface area contributed by atoms with Gasteiger partial charge in [0, 0.05) is 31.1 Å². The number of piperazine rings is 1. The fraction of sp³-hybridized carbons (Fsp3) is 0.565. The summed E-state index contributed by atoms with van der Waals surface area (Å²) in [5, 5.41) is 5.31. The molecule has 1 amide bonds. The van der Waals surface area contributed by atoms with Gasteiger partial charge in [-0.05, 0) is 56.0 Å². The molecule has 0 aromatic carbocycles. The molecule has 1 N–H and O–H groups in total. The molecule has 2 aromatic rings. The number of hydrogen-bond acceptors (Lipinski definition) is 8. The van der Waals surface area contributed by atoms with Crippen molar-refractivity contribution < 1.29 is 22.7 Å². The SMILES string of the molecule is CCOC(=O)c1c(NC(=O)[C@H](C)N2CCN(S(=O)(=O)c3cccs3)CC2)sc2c1CC[C@@H](C)C2. The van der Waals surface area contributed by atoms with Crippen molar-refractivity contribution in [1.82, 2.24) is 9.21 Å². The molecule has 1 saturated heterocycles.